The molecule has 1 aromatic carbocycles. The van der Waals surface area contributed by atoms with Gasteiger partial charge in [-0.3, -0.25) is 4.79 Å². The zero-order chi connectivity index (χ0) is 19.5. The van der Waals surface area contributed by atoms with Crippen LogP contribution in [0.4, 0.5) is 0 Å². The van der Waals surface area contributed by atoms with Gasteiger partial charge in [0.2, 0.25) is 10.0 Å². The molecular formula is C18H26ClNO5S. The highest BCUT2D eigenvalue weighted by Gasteiger charge is 2.30. The quantitative estimate of drug-likeness (QED) is 0.606. The number of likely N-dealkylation sites (N-methyl/N-ethyl adjacent to an activating group) is 1. The molecule has 146 valence electrons. The SMILES string of the molecule is CC(C)C[C@H](CCc1cc(Cl)cc(S(=O)(=O)N(C)CC2CO2)c1)C(=O)O. The fourth-order valence-corrected chi connectivity index (χ4v) is 4.53. The third-order valence-electron chi connectivity index (χ3n) is 4.39. The van der Waals surface area contributed by atoms with Crippen LogP contribution in [0.3, 0.4) is 0 Å². The van der Waals surface area contributed by atoms with Crippen molar-refractivity contribution in [3.63, 3.8) is 0 Å². The first kappa shape index (κ1) is 21.2. The monoisotopic (exact) mass is 403 g/mol. The van der Waals surface area contributed by atoms with E-state index in [1.54, 1.807) is 12.1 Å². The van der Waals surface area contributed by atoms with Crippen LogP contribution < -0.4 is 0 Å². The van der Waals surface area contributed by atoms with Gasteiger partial charge in [0.15, 0.2) is 0 Å². The van der Waals surface area contributed by atoms with Crippen molar-refractivity contribution in [2.75, 3.05) is 20.2 Å². The molecule has 2 rings (SSSR count). The number of carboxylic acid groups (broad SMARTS) is 1. The Kier molecular flexibility index (Phi) is 7.07. The van der Waals surface area contributed by atoms with Crippen molar-refractivity contribution in [1.29, 1.82) is 0 Å². The van der Waals surface area contributed by atoms with Crippen LogP contribution in [0.2, 0.25) is 5.02 Å². The molecule has 1 N–H and O–H groups in total. The van der Waals surface area contributed by atoms with Gasteiger partial charge in [-0.05, 0) is 48.9 Å². The lowest BCUT2D eigenvalue weighted by Crippen LogP contribution is -2.30. The highest BCUT2D eigenvalue weighted by Crippen LogP contribution is 2.25. The van der Waals surface area contributed by atoms with Crippen molar-refractivity contribution >= 4 is 27.6 Å². The first-order chi connectivity index (χ1) is 12.1. The Morgan fingerprint density at radius 2 is 2.04 bits per heavy atom. The zero-order valence-electron chi connectivity index (χ0n) is 15.3. The van der Waals surface area contributed by atoms with E-state index in [0.29, 0.717) is 37.4 Å². The molecule has 26 heavy (non-hydrogen) atoms. The lowest BCUT2D eigenvalue weighted by Gasteiger charge is -2.18. The zero-order valence-corrected chi connectivity index (χ0v) is 16.9. The van der Waals surface area contributed by atoms with Gasteiger partial charge in [0, 0.05) is 18.6 Å². The van der Waals surface area contributed by atoms with Crippen molar-refractivity contribution < 1.29 is 23.1 Å². The summed E-state index contributed by atoms with van der Waals surface area (Å²) >= 11 is 6.12. The summed E-state index contributed by atoms with van der Waals surface area (Å²) in [6.07, 6.45) is 1.45. The van der Waals surface area contributed by atoms with E-state index in [1.807, 2.05) is 13.8 Å². The number of rotatable bonds is 10. The number of halogens is 1. The van der Waals surface area contributed by atoms with Crippen LogP contribution in [0.15, 0.2) is 23.1 Å². The Bertz CT molecular complexity index is 746. The van der Waals surface area contributed by atoms with Gasteiger partial charge in [0.05, 0.1) is 23.5 Å². The van der Waals surface area contributed by atoms with Crippen molar-refractivity contribution in [3.8, 4) is 0 Å². The number of carbonyl (C=O) groups is 1. The Morgan fingerprint density at radius 1 is 1.38 bits per heavy atom. The van der Waals surface area contributed by atoms with Crippen molar-refractivity contribution in [2.24, 2.45) is 11.8 Å². The van der Waals surface area contributed by atoms with E-state index in [2.05, 4.69) is 0 Å². The molecule has 0 bridgehead atoms. The summed E-state index contributed by atoms with van der Waals surface area (Å²) < 4.78 is 31.8. The fraction of sp³-hybridized carbons (Fsp3) is 0.611. The molecule has 1 unspecified atom stereocenters. The van der Waals surface area contributed by atoms with Crippen LogP contribution in [0, 0.1) is 11.8 Å². The normalized spacial score (nSPS) is 18.3. The number of aryl methyl sites for hydroxylation is 1. The highest BCUT2D eigenvalue weighted by molar-refractivity contribution is 7.89. The lowest BCUT2D eigenvalue weighted by molar-refractivity contribution is -0.142. The molecule has 1 aliphatic rings. The topological polar surface area (TPSA) is 87.2 Å². The molecule has 0 radical (unpaired) electrons. The van der Waals surface area contributed by atoms with Gasteiger partial charge in [0.25, 0.3) is 0 Å². The molecule has 0 spiro atoms. The number of hydrogen-bond donors (Lipinski definition) is 1. The minimum atomic E-state index is -3.66. The number of epoxide rings is 1. The van der Waals surface area contributed by atoms with Crippen LogP contribution in [-0.2, 0) is 26.0 Å². The molecule has 8 heteroatoms. The Balaban J connectivity index is 2.14. The lowest BCUT2D eigenvalue weighted by atomic mass is 9.91. The first-order valence-corrected chi connectivity index (χ1v) is 10.5. The summed E-state index contributed by atoms with van der Waals surface area (Å²) in [5.41, 5.74) is 0.724. The number of ether oxygens (including phenoxy) is 1. The predicted molar refractivity (Wildman–Crippen MR) is 99.9 cm³/mol. The summed E-state index contributed by atoms with van der Waals surface area (Å²) in [6, 6.07) is 4.70. The van der Waals surface area contributed by atoms with E-state index in [0.717, 1.165) is 5.56 Å². The summed E-state index contributed by atoms with van der Waals surface area (Å²) in [7, 11) is -2.15. The first-order valence-electron chi connectivity index (χ1n) is 8.69. The van der Waals surface area contributed by atoms with Crippen molar-refractivity contribution in [3.05, 3.63) is 28.8 Å². The van der Waals surface area contributed by atoms with E-state index in [1.165, 1.54) is 17.4 Å². The van der Waals surface area contributed by atoms with Gasteiger partial charge in [-0.2, -0.15) is 4.31 Å². The molecule has 6 nitrogen and oxygen atoms in total. The van der Waals surface area contributed by atoms with E-state index < -0.39 is 21.9 Å². The average Bonchev–Trinajstić information content (AvgIpc) is 3.34. The summed E-state index contributed by atoms with van der Waals surface area (Å²) in [5, 5.41) is 9.69. The number of sulfonamides is 1. The summed E-state index contributed by atoms with van der Waals surface area (Å²) in [6.45, 7) is 4.85. The summed E-state index contributed by atoms with van der Waals surface area (Å²) in [5.74, 6) is -0.994. The highest BCUT2D eigenvalue weighted by atomic mass is 35.5. The molecule has 2 atom stereocenters. The molecule has 0 amide bonds. The molecule has 0 aromatic heterocycles. The van der Waals surface area contributed by atoms with Crippen LogP contribution in [0.5, 0.6) is 0 Å². The second kappa shape index (κ2) is 8.69. The van der Waals surface area contributed by atoms with Crippen molar-refractivity contribution in [1.82, 2.24) is 4.31 Å². The van der Waals surface area contributed by atoms with Gasteiger partial charge in [0.1, 0.15) is 0 Å². The number of aliphatic carboxylic acids is 1. The fourth-order valence-electron chi connectivity index (χ4n) is 2.90. The van der Waals surface area contributed by atoms with Crippen LogP contribution >= 0.6 is 11.6 Å². The van der Waals surface area contributed by atoms with Gasteiger partial charge in [-0.15, -0.1) is 0 Å². The maximum atomic E-state index is 12.7. The van der Waals surface area contributed by atoms with Gasteiger partial charge < -0.3 is 9.84 Å². The van der Waals surface area contributed by atoms with Gasteiger partial charge in [-0.25, -0.2) is 8.42 Å². The van der Waals surface area contributed by atoms with Crippen LogP contribution in [0.25, 0.3) is 0 Å². The van der Waals surface area contributed by atoms with E-state index in [9.17, 15) is 18.3 Å². The van der Waals surface area contributed by atoms with E-state index in [4.69, 9.17) is 16.3 Å². The number of carboxylic acids is 1. The Morgan fingerprint density at radius 3 is 2.58 bits per heavy atom. The van der Waals surface area contributed by atoms with E-state index in [-0.39, 0.29) is 16.9 Å². The van der Waals surface area contributed by atoms with Gasteiger partial charge in [-0.1, -0.05) is 25.4 Å². The molecule has 0 aliphatic carbocycles. The third-order valence-corrected chi connectivity index (χ3v) is 6.41. The third kappa shape index (κ3) is 5.94. The minimum absolute atomic E-state index is 0.0409. The molecule has 1 heterocycles. The van der Waals surface area contributed by atoms with Gasteiger partial charge >= 0.3 is 5.97 Å². The molecule has 1 aliphatic heterocycles. The van der Waals surface area contributed by atoms with Crippen LogP contribution in [-0.4, -0.2) is 50.1 Å². The smallest absolute Gasteiger partial charge is 0.306 e. The van der Waals surface area contributed by atoms with Crippen molar-refractivity contribution in [2.45, 2.75) is 44.1 Å². The minimum Gasteiger partial charge on any atom is -0.481 e. The summed E-state index contributed by atoms with van der Waals surface area (Å²) in [4.78, 5) is 11.5. The largest absolute Gasteiger partial charge is 0.481 e. The Hall–Kier alpha value is -1.15. The number of benzene rings is 1. The second-order valence-electron chi connectivity index (χ2n) is 7.24. The van der Waals surface area contributed by atoms with E-state index >= 15 is 0 Å². The standard InChI is InChI=1S/C18H26ClNO5S/c1-12(2)6-14(18(21)22)5-4-13-7-15(19)9-17(8-13)26(23,24)20(3)10-16-11-25-16/h7-9,12,14,16H,4-6,10-11H2,1-3H3,(H,21,22)/t14-,16?/m0/s1. The molecular weight excluding hydrogens is 378 g/mol. The number of hydrogen-bond acceptors (Lipinski definition) is 4. The molecule has 1 fully saturated rings. The Labute approximate surface area is 160 Å². The second-order valence-corrected chi connectivity index (χ2v) is 9.72. The molecule has 1 aromatic rings. The maximum absolute atomic E-state index is 12.7. The molecule has 0 saturated carbocycles. The van der Waals surface area contributed by atoms with Crippen LogP contribution in [0.1, 0.15) is 32.3 Å². The number of nitrogens with zero attached hydrogens (tertiary/aromatic N) is 1. The average molecular weight is 404 g/mol. The molecule has 1 saturated heterocycles. The predicted octanol–water partition coefficient (Wildman–Crippen LogP) is 3.04. The maximum Gasteiger partial charge on any atom is 0.306 e.